The van der Waals surface area contributed by atoms with Crippen LogP contribution in [0.3, 0.4) is 0 Å². The van der Waals surface area contributed by atoms with Gasteiger partial charge in [-0.1, -0.05) is 24.1 Å². The standard InChI is InChI=1S/C23H36ClNO2/c1-7-27-13-8-18-14-16(2)17(3)21(4,20(18)26)23-11-9-22(10-12-23,25(5)6)15-19(23)24/h8,13-14,19-20,26H,7,9-12,15H2,1-6H3/b13-8+. The van der Waals surface area contributed by atoms with Gasteiger partial charge in [0.15, 0.2) is 0 Å². The van der Waals surface area contributed by atoms with Crippen molar-refractivity contribution in [3.05, 3.63) is 35.1 Å². The van der Waals surface area contributed by atoms with Gasteiger partial charge in [-0.15, -0.1) is 11.6 Å². The number of aliphatic hydroxyl groups excluding tert-OH is 1. The molecule has 0 heterocycles. The van der Waals surface area contributed by atoms with Crippen LogP contribution in [0.1, 0.15) is 59.8 Å². The minimum atomic E-state index is -0.566. The van der Waals surface area contributed by atoms with Crippen LogP contribution < -0.4 is 0 Å². The van der Waals surface area contributed by atoms with Crippen molar-refractivity contribution in [2.24, 2.45) is 10.8 Å². The summed E-state index contributed by atoms with van der Waals surface area (Å²) in [6.07, 6.45) is 10.6. The molecule has 0 amide bonds. The summed E-state index contributed by atoms with van der Waals surface area (Å²) >= 11 is 7.16. The number of aliphatic hydroxyl groups is 1. The van der Waals surface area contributed by atoms with Gasteiger partial charge in [-0.05, 0) is 84.0 Å². The first-order valence-electron chi connectivity index (χ1n) is 10.3. The predicted octanol–water partition coefficient (Wildman–Crippen LogP) is 5.05. The highest BCUT2D eigenvalue weighted by Gasteiger charge is 2.64. The second kappa shape index (κ2) is 7.24. The average molecular weight is 394 g/mol. The Kier molecular flexibility index (Phi) is 5.62. The highest BCUT2D eigenvalue weighted by Crippen LogP contribution is 2.67. The molecule has 0 aromatic rings. The quantitative estimate of drug-likeness (QED) is 0.523. The van der Waals surface area contributed by atoms with Crippen molar-refractivity contribution in [3.63, 3.8) is 0 Å². The van der Waals surface area contributed by atoms with Gasteiger partial charge < -0.3 is 14.7 Å². The van der Waals surface area contributed by atoms with E-state index in [0.717, 1.165) is 37.7 Å². The summed E-state index contributed by atoms with van der Waals surface area (Å²) in [4.78, 5) is 2.38. The largest absolute Gasteiger partial charge is 0.501 e. The van der Waals surface area contributed by atoms with Crippen LogP contribution in [-0.4, -0.2) is 47.7 Å². The summed E-state index contributed by atoms with van der Waals surface area (Å²) in [6.45, 7) is 9.20. The smallest absolute Gasteiger partial charge is 0.0887 e. The van der Waals surface area contributed by atoms with Gasteiger partial charge in [0.05, 0.1) is 19.0 Å². The van der Waals surface area contributed by atoms with Crippen LogP contribution in [0.15, 0.2) is 35.1 Å². The third-order valence-corrected chi connectivity index (χ3v) is 8.93. The topological polar surface area (TPSA) is 32.7 Å². The number of allylic oxidation sites excluding steroid dienone is 2. The summed E-state index contributed by atoms with van der Waals surface area (Å²) in [7, 11) is 4.38. The number of alkyl halides is 1. The fraction of sp³-hybridized carbons (Fsp3) is 0.739. The summed E-state index contributed by atoms with van der Waals surface area (Å²) in [6, 6.07) is 0. The average Bonchev–Trinajstić information content (AvgIpc) is 2.65. The Hall–Kier alpha value is -0.770. The molecule has 0 aromatic heterocycles. The van der Waals surface area contributed by atoms with Gasteiger partial charge in [0.25, 0.3) is 0 Å². The SMILES string of the molecule is CCO/C=C/C1=CC(C)=C(C)C(C)(C23CCC(N(C)C)(CC2)CC3Cl)C1O. The van der Waals surface area contributed by atoms with Crippen LogP contribution in [-0.2, 0) is 4.74 Å². The lowest BCUT2D eigenvalue weighted by Crippen LogP contribution is -2.65. The molecule has 0 aliphatic heterocycles. The zero-order valence-corrected chi connectivity index (χ0v) is 18.6. The van der Waals surface area contributed by atoms with E-state index in [9.17, 15) is 5.11 Å². The van der Waals surface area contributed by atoms with Gasteiger partial charge in [0.1, 0.15) is 0 Å². The Morgan fingerprint density at radius 3 is 2.41 bits per heavy atom. The molecule has 3 atom stereocenters. The fourth-order valence-electron chi connectivity index (χ4n) is 6.08. The molecule has 4 aliphatic rings. The predicted molar refractivity (Wildman–Crippen MR) is 113 cm³/mol. The van der Waals surface area contributed by atoms with Crippen molar-refractivity contribution in [2.45, 2.75) is 76.8 Å². The maximum atomic E-state index is 11.6. The van der Waals surface area contributed by atoms with E-state index in [4.69, 9.17) is 16.3 Å². The number of hydrogen-bond donors (Lipinski definition) is 1. The highest BCUT2D eigenvalue weighted by atomic mass is 35.5. The van der Waals surface area contributed by atoms with Crippen molar-refractivity contribution >= 4 is 11.6 Å². The zero-order chi connectivity index (χ0) is 20.0. The maximum absolute atomic E-state index is 11.6. The fourth-order valence-corrected chi connectivity index (χ4v) is 6.81. The number of rotatable bonds is 5. The van der Waals surface area contributed by atoms with E-state index in [1.165, 1.54) is 11.1 Å². The molecule has 0 radical (unpaired) electrons. The van der Waals surface area contributed by atoms with Crippen LogP contribution >= 0.6 is 11.6 Å². The highest BCUT2D eigenvalue weighted by molar-refractivity contribution is 6.21. The molecule has 27 heavy (non-hydrogen) atoms. The van der Waals surface area contributed by atoms with Crippen LogP contribution in [0.5, 0.6) is 0 Å². The van der Waals surface area contributed by atoms with Crippen LogP contribution in [0.2, 0.25) is 0 Å². The van der Waals surface area contributed by atoms with E-state index in [1.54, 1.807) is 6.26 Å². The van der Waals surface area contributed by atoms with Crippen LogP contribution in [0, 0.1) is 10.8 Å². The van der Waals surface area contributed by atoms with Crippen molar-refractivity contribution in [1.82, 2.24) is 4.90 Å². The first kappa shape index (κ1) is 21.0. The molecule has 1 N–H and O–H groups in total. The second-order valence-corrected chi connectivity index (χ2v) is 9.79. The molecule has 3 fully saturated rings. The van der Waals surface area contributed by atoms with Gasteiger partial charge in [-0.2, -0.15) is 0 Å². The zero-order valence-electron chi connectivity index (χ0n) is 17.8. The lowest BCUT2D eigenvalue weighted by atomic mass is 9.43. The Labute approximate surface area is 170 Å². The Balaban J connectivity index is 2.01. The third-order valence-electron chi connectivity index (χ3n) is 8.35. The maximum Gasteiger partial charge on any atom is 0.0887 e. The second-order valence-electron chi connectivity index (χ2n) is 9.26. The Bertz CT molecular complexity index is 670. The molecule has 4 rings (SSSR count). The molecular weight excluding hydrogens is 358 g/mol. The number of ether oxygens (including phenoxy) is 1. The van der Waals surface area contributed by atoms with Gasteiger partial charge in [0.2, 0.25) is 0 Å². The summed E-state index contributed by atoms with van der Waals surface area (Å²) in [5.41, 5.74) is 3.26. The molecular formula is C23H36ClNO2. The van der Waals surface area contributed by atoms with E-state index >= 15 is 0 Å². The lowest BCUT2D eigenvalue weighted by Gasteiger charge is -2.66. The Morgan fingerprint density at radius 2 is 1.89 bits per heavy atom. The van der Waals surface area contributed by atoms with E-state index in [-0.39, 0.29) is 21.7 Å². The molecule has 4 aliphatic carbocycles. The monoisotopic (exact) mass is 393 g/mol. The molecule has 4 heteroatoms. The van der Waals surface area contributed by atoms with E-state index in [2.05, 4.69) is 45.8 Å². The van der Waals surface area contributed by atoms with Gasteiger partial charge in [-0.25, -0.2) is 0 Å². The van der Waals surface area contributed by atoms with Crippen molar-refractivity contribution in [1.29, 1.82) is 0 Å². The van der Waals surface area contributed by atoms with Crippen molar-refractivity contribution in [3.8, 4) is 0 Å². The third kappa shape index (κ3) is 2.92. The molecule has 3 nitrogen and oxygen atoms in total. The minimum Gasteiger partial charge on any atom is -0.501 e. The first-order valence-corrected chi connectivity index (χ1v) is 10.8. The molecule has 2 bridgehead atoms. The minimum absolute atomic E-state index is 0.0695. The summed E-state index contributed by atoms with van der Waals surface area (Å²) < 4.78 is 5.40. The number of nitrogens with zero attached hydrogens (tertiary/aromatic N) is 1. The van der Waals surface area contributed by atoms with Gasteiger partial charge in [0, 0.05) is 16.3 Å². The van der Waals surface area contributed by atoms with E-state index < -0.39 is 6.10 Å². The molecule has 0 spiro atoms. The first-order chi connectivity index (χ1) is 12.6. The number of hydrogen-bond acceptors (Lipinski definition) is 3. The van der Waals surface area contributed by atoms with E-state index in [0.29, 0.717) is 6.61 Å². The molecule has 0 aromatic carbocycles. The number of halogens is 1. The summed E-state index contributed by atoms with van der Waals surface area (Å²) in [5, 5.41) is 11.6. The van der Waals surface area contributed by atoms with Gasteiger partial charge in [-0.3, -0.25) is 0 Å². The normalized spacial score (nSPS) is 42.2. The number of fused-ring (bicyclic) bond motifs is 3. The van der Waals surface area contributed by atoms with Crippen molar-refractivity contribution in [2.75, 3.05) is 20.7 Å². The lowest BCUT2D eigenvalue weighted by molar-refractivity contribution is -0.116. The summed E-state index contributed by atoms with van der Waals surface area (Å²) in [5.74, 6) is 0. The molecule has 0 saturated heterocycles. The van der Waals surface area contributed by atoms with Crippen LogP contribution in [0.25, 0.3) is 0 Å². The molecule has 3 saturated carbocycles. The Morgan fingerprint density at radius 1 is 1.26 bits per heavy atom. The van der Waals surface area contributed by atoms with Gasteiger partial charge >= 0.3 is 0 Å². The molecule has 152 valence electrons. The van der Waals surface area contributed by atoms with Crippen LogP contribution in [0.4, 0.5) is 0 Å². The van der Waals surface area contributed by atoms with E-state index in [1.807, 2.05) is 13.0 Å². The van der Waals surface area contributed by atoms with Crippen molar-refractivity contribution < 1.29 is 9.84 Å². The molecule has 3 unspecified atom stereocenters.